The van der Waals surface area contributed by atoms with Gasteiger partial charge in [-0.05, 0) is 24.3 Å². The summed E-state index contributed by atoms with van der Waals surface area (Å²) in [5.41, 5.74) is 4.60. The van der Waals surface area contributed by atoms with Crippen molar-refractivity contribution in [2.75, 3.05) is 0 Å². The second-order valence-corrected chi connectivity index (χ2v) is 11.8. The minimum absolute atomic E-state index is 0. The molecular weight excluding hydrogens is 704 g/mol. The van der Waals surface area contributed by atoms with Crippen LogP contribution in [-0.4, -0.2) is 9.13 Å². The van der Waals surface area contributed by atoms with Crippen molar-refractivity contribution in [3.05, 3.63) is 205 Å². The summed E-state index contributed by atoms with van der Waals surface area (Å²) < 4.78 is 57.8. The molecule has 0 radical (unpaired) electrons. The first-order valence-electron chi connectivity index (χ1n) is 16.7. The number of halogens is 4. The third-order valence-corrected chi connectivity index (χ3v) is 8.42. The van der Waals surface area contributed by atoms with Crippen molar-refractivity contribution in [2.45, 2.75) is 12.8 Å². The number of rotatable bonds is 2. The van der Waals surface area contributed by atoms with Crippen LogP contribution in [0.3, 0.4) is 0 Å². The number of benzene rings is 6. The molecule has 0 fully saturated rings. The zero-order valence-electron chi connectivity index (χ0n) is 28.3. The fourth-order valence-electron chi connectivity index (χ4n) is 6.32. The molecule has 2 aromatic heterocycles. The standard InChI is InChI=1S/2C18H10F2N.2C5H5.Ti/c2*19-12-9-13(20)11-14(10-12)21-17-7-3-1-5-15(17)16-6-2-4-8-18(16)21;2*1-2-4-5-3-1;/h2*1-8,10-11H;2*1-3H,4H2;/q4*-1;+4. The average Bonchev–Trinajstić information content (AvgIpc) is 3.99. The van der Waals surface area contributed by atoms with E-state index in [1.165, 1.54) is 24.3 Å². The number of aromatic nitrogens is 2. The van der Waals surface area contributed by atoms with Gasteiger partial charge in [-0.25, -0.2) is 41.9 Å². The van der Waals surface area contributed by atoms with Crippen LogP contribution < -0.4 is 0 Å². The number of para-hydroxylation sites is 4. The monoisotopic (exact) mass is 734 g/mol. The molecule has 2 aliphatic rings. The van der Waals surface area contributed by atoms with Gasteiger partial charge < -0.3 is 9.13 Å². The van der Waals surface area contributed by atoms with E-state index in [-0.39, 0.29) is 21.7 Å². The Kier molecular flexibility index (Phi) is 12.0. The van der Waals surface area contributed by atoms with Gasteiger partial charge in [-0.2, -0.15) is 12.2 Å². The summed E-state index contributed by atoms with van der Waals surface area (Å²) in [4.78, 5) is 0. The van der Waals surface area contributed by atoms with Crippen molar-refractivity contribution in [1.82, 2.24) is 9.13 Å². The maximum Gasteiger partial charge on any atom is 4.00 e. The Morgan fingerprint density at radius 3 is 0.925 bits per heavy atom. The van der Waals surface area contributed by atoms with E-state index in [1.807, 2.05) is 143 Å². The molecule has 0 saturated heterocycles. The summed E-state index contributed by atoms with van der Waals surface area (Å²) in [5.74, 6) is -2.81. The van der Waals surface area contributed by atoms with Crippen molar-refractivity contribution in [3.8, 4) is 11.4 Å². The van der Waals surface area contributed by atoms with Crippen molar-refractivity contribution in [2.24, 2.45) is 0 Å². The molecule has 53 heavy (non-hydrogen) atoms. The van der Waals surface area contributed by atoms with Gasteiger partial charge in [0.2, 0.25) is 0 Å². The first kappa shape index (κ1) is 37.1. The Hall–Kier alpha value is -5.69. The summed E-state index contributed by atoms with van der Waals surface area (Å²) in [6.45, 7) is 0. The predicted molar refractivity (Wildman–Crippen MR) is 202 cm³/mol. The van der Waals surface area contributed by atoms with E-state index in [9.17, 15) is 17.6 Å². The van der Waals surface area contributed by atoms with E-state index < -0.39 is 23.3 Å². The van der Waals surface area contributed by atoms with Crippen molar-refractivity contribution in [3.63, 3.8) is 0 Å². The Morgan fingerprint density at radius 2 is 0.698 bits per heavy atom. The van der Waals surface area contributed by atoms with Crippen LogP contribution in [0.4, 0.5) is 17.6 Å². The van der Waals surface area contributed by atoms with Crippen molar-refractivity contribution in [1.29, 1.82) is 0 Å². The maximum atomic E-state index is 13.5. The predicted octanol–water partition coefficient (Wildman–Crippen LogP) is 12.3. The van der Waals surface area contributed by atoms with E-state index in [2.05, 4.69) is 24.3 Å². The van der Waals surface area contributed by atoms with Gasteiger partial charge in [0.05, 0.1) is 22.1 Å². The number of fused-ring (bicyclic) bond motifs is 6. The van der Waals surface area contributed by atoms with Gasteiger partial charge >= 0.3 is 21.7 Å². The molecular formula is C46H30F4N2Ti. The van der Waals surface area contributed by atoms with Crippen LogP contribution in [0, 0.1) is 47.6 Å². The third kappa shape index (κ3) is 8.36. The Balaban J connectivity index is 0.000000142. The number of hydrogen-bond acceptors (Lipinski definition) is 0. The Labute approximate surface area is 320 Å². The molecule has 0 unspecified atom stereocenters. The Morgan fingerprint density at radius 1 is 0.415 bits per heavy atom. The molecule has 7 heteroatoms. The second kappa shape index (κ2) is 17.2. The SMILES string of the molecule is Fc1[c-]c(F)cc(-n2c3ccccc3c3ccccc32)c1.Fc1[c-]c(F)cc(-n2c3ccccc3c3ccccc32)c1.[C-]1=CC=CC1.[C-]1=CC=CC1.[Ti+4]. The molecule has 2 nitrogen and oxygen atoms in total. The fourth-order valence-corrected chi connectivity index (χ4v) is 6.32. The van der Waals surface area contributed by atoms with Gasteiger partial charge in [0.1, 0.15) is 0 Å². The van der Waals surface area contributed by atoms with E-state index in [0.717, 1.165) is 56.5 Å². The smallest absolute Gasteiger partial charge is 0.333 e. The topological polar surface area (TPSA) is 9.86 Å². The van der Waals surface area contributed by atoms with Gasteiger partial charge in [-0.1, -0.05) is 84.2 Å². The fraction of sp³-hybridized carbons (Fsp3) is 0.0435. The molecule has 0 aliphatic heterocycles. The van der Waals surface area contributed by atoms with Gasteiger partial charge in [0.15, 0.2) is 0 Å². The van der Waals surface area contributed by atoms with E-state index in [4.69, 9.17) is 0 Å². The molecule has 2 heterocycles. The van der Waals surface area contributed by atoms with Gasteiger partial charge in [-0.3, -0.25) is 12.2 Å². The number of nitrogens with zero attached hydrogens (tertiary/aromatic N) is 2. The molecule has 0 N–H and O–H groups in total. The van der Waals surface area contributed by atoms with Crippen LogP contribution in [-0.2, 0) is 21.7 Å². The average molecular weight is 735 g/mol. The molecule has 0 bridgehead atoms. The van der Waals surface area contributed by atoms with Gasteiger partial charge in [-0.15, -0.1) is 49.2 Å². The Bertz CT molecular complexity index is 2290. The van der Waals surface area contributed by atoms with E-state index in [0.29, 0.717) is 11.4 Å². The molecule has 8 aromatic rings. The van der Waals surface area contributed by atoms with Gasteiger partial charge in [0, 0.05) is 44.8 Å². The minimum Gasteiger partial charge on any atom is -0.333 e. The zero-order chi connectivity index (χ0) is 35.9. The molecule has 0 amide bonds. The third-order valence-electron chi connectivity index (χ3n) is 8.42. The number of allylic oxidation sites excluding steroid dienone is 8. The van der Waals surface area contributed by atoms with E-state index >= 15 is 0 Å². The maximum absolute atomic E-state index is 13.5. The largest absolute Gasteiger partial charge is 4.00 e. The summed E-state index contributed by atoms with van der Waals surface area (Å²) in [7, 11) is 0. The zero-order valence-corrected chi connectivity index (χ0v) is 29.9. The van der Waals surface area contributed by atoms with Crippen LogP contribution >= 0.6 is 0 Å². The van der Waals surface area contributed by atoms with Crippen LogP contribution in [0.25, 0.3) is 55.0 Å². The number of hydrogen-bond donors (Lipinski definition) is 0. The molecule has 10 rings (SSSR count). The molecule has 2 aliphatic carbocycles. The van der Waals surface area contributed by atoms with Crippen LogP contribution in [0.15, 0.2) is 158 Å². The molecule has 256 valence electrons. The molecule has 0 atom stereocenters. The summed E-state index contributed by atoms with van der Waals surface area (Å²) in [6, 6.07) is 40.5. The first-order valence-corrected chi connectivity index (χ1v) is 16.7. The van der Waals surface area contributed by atoms with Crippen LogP contribution in [0.1, 0.15) is 12.8 Å². The molecule has 0 spiro atoms. The summed E-state index contributed by atoms with van der Waals surface area (Å²) in [6.07, 6.45) is 20.0. The van der Waals surface area contributed by atoms with Crippen LogP contribution in [0.5, 0.6) is 0 Å². The molecule has 6 aromatic carbocycles. The summed E-state index contributed by atoms with van der Waals surface area (Å²) >= 11 is 0. The van der Waals surface area contributed by atoms with Gasteiger partial charge in [0.25, 0.3) is 0 Å². The van der Waals surface area contributed by atoms with E-state index in [1.54, 1.807) is 0 Å². The van der Waals surface area contributed by atoms with Crippen LogP contribution in [0.2, 0.25) is 0 Å². The normalized spacial score (nSPS) is 12.3. The minimum atomic E-state index is -0.702. The second-order valence-electron chi connectivity index (χ2n) is 11.8. The molecule has 0 saturated carbocycles. The van der Waals surface area contributed by atoms with Crippen molar-refractivity contribution < 1.29 is 39.3 Å². The summed E-state index contributed by atoms with van der Waals surface area (Å²) in [5, 5.41) is 4.23. The quantitative estimate of drug-likeness (QED) is 0.0951. The van der Waals surface area contributed by atoms with Crippen molar-refractivity contribution >= 4 is 43.6 Å². The first-order chi connectivity index (χ1) is 25.5.